The van der Waals surface area contributed by atoms with Crippen molar-refractivity contribution in [3.8, 4) is 0 Å². The molecule has 0 spiro atoms. The van der Waals surface area contributed by atoms with Crippen molar-refractivity contribution in [1.29, 1.82) is 0 Å². The number of aliphatic hydroxyl groups is 5. The third-order valence-corrected chi connectivity index (χ3v) is 19.6. The largest absolute Gasteiger partial charge is 0.394 e. The van der Waals surface area contributed by atoms with Crippen molar-refractivity contribution in [2.75, 3.05) is 13.2 Å². The molecule has 0 aromatic heterocycles. The fourth-order valence-electron chi connectivity index (χ4n) is 13.3. The first-order chi connectivity index (χ1) is 45.3. The summed E-state index contributed by atoms with van der Waals surface area (Å²) in [6, 6.07) is -0.823. The second kappa shape index (κ2) is 71.9. The van der Waals surface area contributed by atoms with Crippen LogP contribution in [0.2, 0.25) is 0 Å². The van der Waals surface area contributed by atoms with E-state index in [9.17, 15) is 30.3 Å². The highest BCUT2D eigenvalue weighted by atomic mass is 16.7. The van der Waals surface area contributed by atoms with Crippen molar-refractivity contribution >= 4 is 5.91 Å². The molecule has 1 fully saturated rings. The van der Waals surface area contributed by atoms with E-state index >= 15 is 0 Å². The Kier molecular flexibility index (Phi) is 68.9. The molecule has 0 aliphatic carbocycles. The fourth-order valence-corrected chi connectivity index (χ4v) is 13.3. The van der Waals surface area contributed by atoms with Gasteiger partial charge >= 0.3 is 0 Å². The number of allylic oxidation sites excluding steroid dienone is 7. The van der Waals surface area contributed by atoms with Crippen LogP contribution in [0.15, 0.2) is 48.6 Å². The standard InChI is InChI=1S/C83H157NO8/c1-3-5-7-9-11-13-15-17-19-21-23-25-27-29-31-33-35-36-37-38-39-40-41-42-43-45-47-49-51-53-55-57-59-61-63-65-67-69-71-73-79(87)84-76(75-91-83-82(90)81(89)80(88)78(74-85)92-83)77(86)72-70-68-66-64-62-60-58-56-54-52-50-48-46-44-34-32-30-28-26-24-22-20-18-16-14-12-10-8-6-4-2/h15,17,21,23,62,64,70,72,76-78,80-83,85-86,88-90H,3-14,16,18-20,22,24-61,63,65-69,71,73-75H2,1-2H3,(H,84,87)/b17-15-,23-21-,64-62+,72-70+. The van der Waals surface area contributed by atoms with Crippen molar-refractivity contribution < 1.29 is 39.8 Å². The average molecular weight is 1300 g/mol. The van der Waals surface area contributed by atoms with E-state index in [4.69, 9.17) is 9.47 Å². The molecule has 1 amide bonds. The number of hydrogen-bond acceptors (Lipinski definition) is 8. The second-order valence-electron chi connectivity index (χ2n) is 28.6. The lowest BCUT2D eigenvalue weighted by Crippen LogP contribution is -2.60. The molecule has 0 saturated carbocycles. The van der Waals surface area contributed by atoms with Gasteiger partial charge in [0, 0.05) is 6.42 Å². The number of aliphatic hydroxyl groups excluding tert-OH is 5. The molecule has 542 valence electrons. The second-order valence-corrected chi connectivity index (χ2v) is 28.6. The van der Waals surface area contributed by atoms with E-state index in [1.54, 1.807) is 6.08 Å². The maximum Gasteiger partial charge on any atom is 0.220 e. The predicted octanol–water partition coefficient (Wildman–Crippen LogP) is 23.5. The lowest BCUT2D eigenvalue weighted by Gasteiger charge is -2.40. The summed E-state index contributed by atoms with van der Waals surface area (Å²) in [5.41, 5.74) is 0. The normalized spacial score (nSPS) is 17.8. The zero-order chi connectivity index (χ0) is 66.4. The summed E-state index contributed by atoms with van der Waals surface area (Å²) in [5.74, 6) is -0.178. The highest BCUT2D eigenvalue weighted by molar-refractivity contribution is 5.76. The molecule has 1 aliphatic rings. The van der Waals surface area contributed by atoms with Gasteiger partial charge in [-0.2, -0.15) is 0 Å². The molecule has 1 aliphatic heterocycles. The molecule has 0 aromatic carbocycles. The minimum absolute atomic E-state index is 0.178. The average Bonchev–Trinajstić information content (AvgIpc) is 1.45. The third kappa shape index (κ3) is 59.4. The molecule has 7 unspecified atom stereocenters. The molecule has 0 radical (unpaired) electrons. The summed E-state index contributed by atoms with van der Waals surface area (Å²) in [6.45, 7) is 3.82. The molecule has 9 nitrogen and oxygen atoms in total. The van der Waals surface area contributed by atoms with Crippen LogP contribution in [0.4, 0.5) is 0 Å². The zero-order valence-corrected chi connectivity index (χ0v) is 61.1. The third-order valence-electron chi connectivity index (χ3n) is 19.6. The van der Waals surface area contributed by atoms with E-state index in [0.717, 1.165) is 44.9 Å². The Hall–Kier alpha value is -1.85. The number of unbranched alkanes of at least 4 members (excludes halogenated alkanes) is 57. The number of hydrogen-bond donors (Lipinski definition) is 6. The van der Waals surface area contributed by atoms with Crippen molar-refractivity contribution in [1.82, 2.24) is 5.32 Å². The van der Waals surface area contributed by atoms with Gasteiger partial charge in [0.25, 0.3) is 0 Å². The lowest BCUT2D eigenvalue weighted by atomic mass is 9.99. The minimum Gasteiger partial charge on any atom is -0.394 e. The van der Waals surface area contributed by atoms with Gasteiger partial charge in [0.2, 0.25) is 5.91 Å². The number of amides is 1. The van der Waals surface area contributed by atoms with Crippen LogP contribution in [0.25, 0.3) is 0 Å². The Morgan fingerprint density at radius 3 is 0.978 bits per heavy atom. The maximum absolute atomic E-state index is 13.2. The topological polar surface area (TPSA) is 149 Å². The van der Waals surface area contributed by atoms with Crippen LogP contribution in [0, 0.1) is 0 Å². The van der Waals surface area contributed by atoms with E-state index in [0.29, 0.717) is 6.42 Å². The zero-order valence-electron chi connectivity index (χ0n) is 61.1. The van der Waals surface area contributed by atoms with Gasteiger partial charge in [0.05, 0.1) is 25.4 Å². The Bertz CT molecular complexity index is 1600. The Morgan fingerprint density at radius 1 is 0.370 bits per heavy atom. The van der Waals surface area contributed by atoms with E-state index in [2.05, 4.69) is 55.6 Å². The quantitative estimate of drug-likeness (QED) is 0.0261. The molecule has 1 heterocycles. The van der Waals surface area contributed by atoms with E-state index in [1.807, 2.05) is 6.08 Å². The molecule has 9 heteroatoms. The van der Waals surface area contributed by atoms with Crippen LogP contribution in [0.5, 0.6) is 0 Å². The smallest absolute Gasteiger partial charge is 0.220 e. The summed E-state index contributed by atoms with van der Waals surface area (Å²) in [6.07, 6.45) is 92.8. The first kappa shape index (κ1) is 88.2. The van der Waals surface area contributed by atoms with Gasteiger partial charge in [0.15, 0.2) is 6.29 Å². The molecular formula is C83H157NO8. The van der Waals surface area contributed by atoms with Gasteiger partial charge in [-0.25, -0.2) is 0 Å². The van der Waals surface area contributed by atoms with E-state index in [-0.39, 0.29) is 12.5 Å². The summed E-state index contributed by atoms with van der Waals surface area (Å²) in [7, 11) is 0. The van der Waals surface area contributed by atoms with Gasteiger partial charge < -0.3 is 40.3 Å². The van der Waals surface area contributed by atoms with Gasteiger partial charge in [0.1, 0.15) is 24.4 Å². The van der Waals surface area contributed by atoms with Crippen molar-refractivity contribution in [2.45, 2.75) is 461 Å². The van der Waals surface area contributed by atoms with Gasteiger partial charge in [-0.15, -0.1) is 0 Å². The SMILES string of the molecule is CCCCCCC/C=C\C/C=C\CCCCCCCCCCCCCCCCCCCCCCCCCCCCCC(=O)NC(COC1OC(CO)C(O)C(O)C1O)C(O)/C=C/CC/C=C/CCCCCCCCCCCCCCCCCCCCCCCCCC. The van der Waals surface area contributed by atoms with Crippen LogP contribution in [0.1, 0.15) is 418 Å². The highest BCUT2D eigenvalue weighted by Gasteiger charge is 2.44. The van der Waals surface area contributed by atoms with Crippen molar-refractivity contribution in [3.63, 3.8) is 0 Å². The summed E-state index contributed by atoms with van der Waals surface area (Å²) in [5, 5.41) is 54.9. The van der Waals surface area contributed by atoms with Crippen LogP contribution >= 0.6 is 0 Å². The Labute approximate surface area is 571 Å². The maximum atomic E-state index is 13.2. The van der Waals surface area contributed by atoms with Crippen LogP contribution < -0.4 is 5.32 Å². The van der Waals surface area contributed by atoms with Crippen molar-refractivity contribution in [3.05, 3.63) is 48.6 Å². The lowest BCUT2D eigenvalue weighted by molar-refractivity contribution is -0.302. The Morgan fingerprint density at radius 2 is 0.652 bits per heavy atom. The first-order valence-electron chi connectivity index (χ1n) is 40.9. The number of carbonyl (C=O) groups is 1. The molecule has 0 bridgehead atoms. The van der Waals surface area contributed by atoms with Crippen LogP contribution in [-0.4, -0.2) is 87.5 Å². The highest BCUT2D eigenvalue weighted by Crippen LogP contribution is 2.24. The molecule has 0 aromatic rings. The number of ether oxygens (including phenoxy) is 2. The summed E-state index contributed by atoms with van der Waals surface area (Å²) in [4.78, 5) is 13.2. The molecule has 1 rings (SSSR count). The molecule has 1 saturated heterocycles. The Balaban J connectivity index is 2.06. The van der Waals surface area contributed by atoms with Crippen molar-refractivity contribution in [2.24, 2.45) is 0 Å². The van der Waals surface area contributed by atoms with Gasteiger partial charge in [-0.1, -0.05) is 396 Å². The summed E-state index contributed by atoms with van der Waals surface area (Å²) >= 11 is 0. The van der Waals surface area contributed by atoms with Crippen LogP contribution in [0.3, 0.4) is 0 Å². The number of rotatable bonds is 73. The minimum atomic E-state index is -1.57. The molecular weight excluding hydrogens is 1140 g/mol. The molecule has 7 atom stereocenters. The van der Waals surface area contributed by atoms with Crippen LogP contribution in [-0.2, 0) is 14.3 Å². The molecule has 6 N–H and O–H groups in total. The van der Waals surface area contributed by atoms with E-state index < -0.39 is 49.5 Å². The van der Waals surface area contributed by atoms with E-state index in [1.165, 1.54) is 353 Å². The number of carbonyl (C=O) groups excluding carboxylic acids is 1. The van der Waals surface area contributed by atoms with Gasteiger partial charge in [-0.3, -0.25) is 4.79 Å². The molecule has 92 heavy (non-hydrogen) atoms. The summed E-state index contributed by atoms with van der Waals surface area (Å²) < 4.78 is 11.3. The monoisotopic (exact) mass is 1300 g/mol. The first-order valence-corrected chi connectivity index (χ1v) is 40.9. The number of nitrogens with one attached hydrogen (secondary N) is 1. The van der Waals surface area contributed by atoms with Gasteiger partial charge in [-0.05, 0) is 64.2 Å². The fraction of sp³-hybridized carbons (Fsp3) is 0.892. The predicted molar refractivity (Wildman–Crippen MR) is 396 cm³/mol.